The van der Waals surface area contributed by atoms with E-state index in [1.165, 1.54) is 18.6 Å². The Morgan fingerprint density at radius 1 is 1.32 bits per heavy atom. The first kappa shape index (κ1) is 17.3. The van der Waals surface area contributed by atoms with Crippen molar-refractivity contribution in [2.75, 3.05) is 24.5 Å². The van der Waals surface area contributed by atoms with Gasteiger partial charge in [-0.05, 0) is 48.9 Å². The van der Waals surface area contributed by atoms with Crippen molar-refractivity contribution in [1.82, 2.24) is 15.3 Å². The number of amides is 1. The number of benzene rings is 1. The largest absolute Gasteiger partial charge is 0.350 e. The Labute approximate surface area is 147 Å². The molecule has 1 aliphatic heterocycles. The summed E-state index contributed by atoms with van der Waals surface area (Å²) in [5.74, 6) is 0.771. The third-order valence-corrected chi connectivity index (χ3v) is 4.43. The van der Waals surface area contributed by atoms with Gasteiger partial charge in [0.05, 0.1) is 0 Å². The van der Waals surface area contributed by atoms with Gasteiger partial charge in [0, 0.05) is 25.8 Å². The normalized spacial score (nSPS) is 17.4. The number of hydrogen-bond acceptors (Lipinski definition) is 4. The Morgan fingerprint density at radius 3 is 2.88 bits per heavy atom. The zero-order valence-corrected chi connectivity index (χ0v) is 14.4. The topological polar surface area (TPSA) is 58.1 Å². The highest BCUT2D eigenvalue weighted by molar-refractivity contribution is 5.92. The number of piperidine rings is 1. The fraction of sp³-hybridized carbons (Fsp3) is 0.421. The molecule has 0 bridgehead atoms. The van der Waals surface area contributed by atoms with E-state index in [2.05, 4.69) is 27.1 Å². The van der Waals surface area contributed by atoms with Crippen molar-refractivity contribution in [3.8, 4) is 0 Å². The molecule has 1 unspecified atom stereocenters. The van der Waals surface area contributed by atoms with Crippen LogP contribution in [0.3, 0.4) is 0 Å². The highest BCUT2D eigenvalue weighted by Gasteiger charge is 2.19. The monoisotopic (exact) mass is 342 g/mol. The van der Waals surface area contributed by atoms with Gasteiger partial charge in [-0.3, -0.25) is 4.79 Å². The Kier molecular flexibility index (Phi) is 5.58. The molecular weight excluding hydrogens is 319 g/mol. The fourth-order valence-electron chi connectivity index (χ4n) is 3.06. The predicted molar refractivity (Wildman–Crippen MR) is 95.1 cm³/mol. The van der Waals surface area contributed by atoms with E-state index in [0.29, 0.717) is 30.5 Å². The summed E-state index contributed by atoms with van der Waals surface area (Å²) in [7, 11) is 0. The molecule has 1 atom stereocenters. The van der Waals surface area contributed by atoms with Gasteiger partial charge in [0.2, 0.25) is 5.95 Å². The van der Waals surface area contributed by atoms with Crippen LogP contribution in [0.1, 0.15) is 35.8 Å². The van der Waals surface area contributed by atoms with Crippen molar-refractivity contribution in [3.63, 3.8) is 0 Å². The summed E-state index contributed by atoms with van der Waals surface area (Å²) in [6.07, 6.45) is 4.63. The maximum atomic E-state index is 12.9. The molecular formula is C19H23FN4O. The number of halogens is 1. The van der Waals surface area contributed by atoms with Crippen molar-refractivity contribution in [2.45, 2.75) is 26.2 Å². The number of anilines is 1. The third kappa shape index (κ3) is 4.75. The van der Waals surface area contributed by atoms with Crippen LogP contribution < -0.4 is 10.2 Å². The Morgan fingerprint density at radius 2 is 2.12 bits per heavy atom. The SMILES string of the molecule is CC1CCCN(c2nccc(C(=O)NCCc3ccc(F)cc3)n2)C1. The molecule has 0 radical (unpaired) electrons. The van der Waals surface area contributed by atoms with E-state index in [0.717, 1.165) is 25.1 Å². The van der Waals surface area contributed by atoms with Crippen LogP contribution in [-0.4, -0.2) is 35.5 Å². The minimum atomic E-state index is -0.256. The molecule has 0 saturated carbocycles. The quantitative estimate of drug-likeness (QED) is 0.908. The highest BCUT2D eigenvalue weighted by Crippen LogP contribution is 2.19. The van der Waals surface area contributed by atoms with Gasteiger partial charge in [-0.15, -0.1) is 0 Å². The van der Waals surface area contributed by atoms with E-state index >= 15 is 0 Å². The van der Waals surface area contributed by atoms with Crippen molar-refractivity contribution in [3.05, 3.63) is 53.6 Å². The molecule has 1 aromatic carbocycles. The van der Waals surface area contributed by atoms with Crippen LogP contribution in [0.4, 0.5) is 10.3 Å². The second kappa shape index (κ2) is 8.05. The molecule has 1 amide bonds. The second-order valence-electron chi connectivity index (χ2n) is 6.57. The molecule has 6 heteroatoms. The summed E-state index contributed by atoms with van der Waals surface area (Å²) in [5, 5.41) is 2.86. The standard InChI is InChI=1S/C19H23FN4O/c1-14-3-2-12-24(13-14)19-22-11-9-17(23-19)18(25)21-10-8-15-4-6-16(20)7-5-15/h4-7,9,11,14H,2-3,8,10,12-13H2,1H3,(H,21,25). The van der Waals surface area contributed by atoms with Crippen molar-refractivity contribution < 1.29 is 9.18 Å². The average Bonchev–Trinajstić information content (AvgIpc) is 2.63. The fourth-order valence-corrected chi connectivity index (χ4v) is 3.06. The minimum absolute atomic E-state index is 0.212. The van der Waals surface area contributed by atoms with Crippen LogP contribution in [-0.2, 0) is 6.42 Å². The minimum Gasteiger partial charge on any atom is -0.350 e. The van der Waals surface area contributed by atoms with Gasteiger partial charge in [0.25, 0.3) is 5.91 Å². The molecule has 1 fully saturated rings. The predicted octanol–water partition coefficient (Wildman–Crippen LogP) is 2.82. The van der Waals surface area contributed by atoms with E-state index in [1.807, 2.05) is 0 Å². The number of rotatable bonds is 5. The van der Waals surface area contributed by atoms with Gasteiger partial charge in [-0.2, -0.15) is 0 Å². The lowest BCUT2D eigenvalue weighted by Gasteiger charge is -2.30. The molecule has 0 spiro atoms. The van der Waals surface area contributed by atoms with E-state index in [1.54, 1.807) is 24.4 Å². The first-order valence-corrected chi connectivity index (χ1v) is 8.72. The van der Waals surface area contributed by atoms with Crippen molar-refractivity contribution in [2.24, 2.45) is 5.92 Å². The molecule has 1 aromatic heterocycles. The lowest BCUT2D eigenvalue weighted by atomic mass is 10.0. The molecule has 1 aliphatic rings. The molecule has 2 aromatic rings. The van der Waals surface area contributed by atoms with Crippen LogP contribution in [0, 0.1) is 11.7 Å². The van der Waals surface area contributed by atoms with Crippen LogP contribution >= 0.6 is 0 Å². The number of aromatic nitrogens is 2. The first-order valence-electron chi connectivity index (χ1n) is 8.72. The van der Waals surface area contributed by atoms with Crippen molar-refractivity contribution >= 4 is 11.9 Å². The number of carbonyl (C=O) groups is 1. The molecule has 1 saturated heterocycles. The second-order valence-corrected chi connectivity index (χ2v) is 6.57. The van der Waals surface area contributed by atoms with Gasteiger partial charge in [-0.1, -0.05) is 19.1 Å². The van der Waals surface area contributed by atoms with Gasteiger partial charge in [0.1, 0.15) is 11.5 Å². The van der Waals surface area contributed by atoms with E-state index in [9.17, 15) is 9.18 Å². The summed E-state index contributed by atoms with van der Waals surface area (Å²) in [5.41, 5.74) is 1.36. The van der Waals surface area contributed by atoms with E-state index in [4.69, 9.17) is 0 Å². The van der Waals surface area contributed by atoms with E-state index in [-0.39, 0.29) is 11.7 Å². The number of carbonyl (C=O) groups excluding carboxylic acids is 1. The molecule has 0 aliphatic carbocycles. The zero-order valence-electron chi connectivity index (χ0n) is 14.4. The van der Waals surface area contributed by atoms with E-state index < -0.39 is 0 Å². The molecule has 3 rings (SSSR count). The lowest BCUT2D eigenvalue weighted by Crippen LogP contribution is -2.36. The van der Waals surface area contributed by atoms with Crippen LogP contribution in [0.5, 0.6) is 0 Å². The Balaban J connectivity index is 1.56. The molecule has 5 nitrogen and oxygen atoms in total. The Hall–Kier alpha value is -2.50. The van der Waals surface area contributed by atoms with Gasteiger partial charge < -0.3 is 10.2 Å². The average molecular weight is 342 g/mol. The number of nitrogens with zero attached hydrogens (tertiary/aromatic N) is 3. The molecule has 1 N–H and O–H groups in total. The van der Waals surface area contributed by atoms with Crippen LogP contribution in [0.2, 0.25) is 0 Å². The summed E-state index contributed by atoms with van der Waals surface area (Å²) < 4.78 is 12.9. The molecule has 2 heterocycles. The summed E-state index contributed by atoms with van der Waals surface area (Å²) in [6.45, 7) is 4.55. The molecule has 25 heavy (non-hydrogen) atoms. The lowest BCUT2D eigenvalue weighted by molar-refractivity contribution is 0.0949. The van der Waals surface area contributed by atoms with Crippen molar-refractivity contribution in [1.29, 1.82) is 0 Å². The number of hydrogen-bond donors (Lipinski definition) is 1. The Bertz CT molecular complexity index is 720. The number of nitrogens with one attached hydrogen (secondary N) is 1. The maximum Gasteiger partial charge on any atom is 0.270 e. The summed E-state index contributed by atoms with van der Waals surface area (Å²) >= 11 is 0. The summed E-state index contributed by atoms with van der Waals surface area (Å²) in [6, 6.07) is 7.93. The summed E-state index contributed by atoms with van der Waals surface area (Å²) in [4.78, 5) is 23.2. The molecule has 132 valence electrons. The van der Waals surface area contributed by atoms with Crippen LogP contribution in [0.15, 0.2) is 36.5 Å². The zero-order chi connectivity index (χ0) is 17.6. The third-order valence-electron chi connectivity index (χ3n) is 4.43. The smallest absolute Gasteiger partial charge is 0.270 e. The van der Waals surface area contributed by atoms with Gasteiger partial charge in [-0.25, -0.2) is 14.4 Å². The maximum absolute atomic E-state index is 12.9. The van der Waals surface area contributed by atoms with Gasteiger partial charge in [0.15, 0.2) is 0 Å². The van der Waals surface area contributed by atoms with Crippen LogP contribution in [0.25, 0.3) is 0 Å². The first-order chi connectivity index (χ1) is 12.1. The van der Waals surface area contributed by atoms with Gasteiger partial charge >= 0.3 is 0 Å². The highest BCUT2D eigenvalue weighted by atomic mass is 19.1.